The van der Waals surface area contributed by atoms with Crippen LogP contribution in [-0.4, -0.2) is 54.9 Å². The largest absolute Gasteiger partial charge is 0.481 e. The number of amides is 1. The van der Waals surface area contributed by atoms with E-state index < -0.39 is 36.4 Å². The fourth-order valence-electron chi connectivity index (χ4n) is 2.85. The summed E-state index contributed by atoms with van der Waals surface area (Å²) < 4.78 is 10.5. The van der Waals surface area contributed by atoms with Crippen LogP contribution in [0.5, 0.6) is 0 Å². The summed E-state index contributed by atoms with van der Waals surface area (Å²) in [4.78, 5) is 34.4. The third-order valence-electron chi connectivity index (χ3n) is 4.41. The van der Waals surface area contributed by atoms with Crippen LogP contribution in [0.3, 0.4) is 0 Å². The molecule has 1 fully saturated rings. The molecule has 1 saturated carbocycles. The average Bonchev–Trinajstić information content (AvgIpc) is 2.50. The Balaban J connectivity index is 2.64. The molecule has 0 radical (unpaired) electrons. The van der Waals surface area contributed by atoms with Crippen molar-refractivity contribution in [3.63, 3.8) is 0 Å². The first-order valence-corrected chi connectivity index (χ1v) is 8.14. The molecule has 1 aliphatic carbocycles. The maximum atomic E-state index is 11.9. The van der Waals surface area contributed by atoms with E-state index in [1.54, 1.807) is 0 Å². The molecule has 0 aliphatic heterocycles. The van der Waals surface area contributed by atoms with Crippen LogP contribution < -0.4 is 11.1 Å². The van der Waals surface area contributed by atoms with Gasteiger partial charge in [0.2, 0.25) is 5.91 Å². The Kier molecular flexibility index (Phi) is 7.62. The second-order valence-corrected chi connectivity index (χ2v) is 6.85. The van der Waals surface area contributed by atoms with Crippen molar-refractivity contribution in [2.45, 2.75) is 64.1 Å². The van der Waals surface area contributed by atoms with Gasteiger partial charge in [0.1, 0.15) is 0 Å². The predicted octanol–water partition coefficient (Wildman–Crippen LogP) is 0.432. The van der Waals surface area contributed by atoms with Gasteiger partial charge in [0.05, 0.1) is 32.3 Å². The summed E-state index contributed by atoms with van der Waals surface area (Å²) in [7, 11) is 1.21. The lowest BCUT2D eigenvalue weighted by Gasteiger charge is -2.38. The van der Waals surface area contributed by atoms with Crippen molar-refractivity contribution in [1.82, 2.24) is 5.32 Å². The van der Waals surface area contributed by atoms with Gasteiger partial charge in [0.15, 0.2) is 6.04 Å². The molecule has 24 heavy (non-hydrogen) atoms. The first-order valence-electron chi connectivity index (χ1n) is 8.14. The molecule has 4 N–H and O–H groups in total. The molecule has 0 spiro atoms. The molecule has 1 rings (SSSR count). The van der Waals surface area contributed by atoms with Crippen molar-refractivity contribution in [2.24, 2.45) is 11.1 Å². The van der Waals surface area contributed by atoms with Crippen LogP contribution in [0.25, 0.3) is 0 Å². The van der Waals surface area contributed by atoms with Gasteiger partial charge in [0, 0.05) is 0 Å². The minimum Gasteiger partial charge on any atom is -0.481 e. The highest BCUT2D eigenvalue weighted by molar-refractivity contribution is 5.89. The van der Waals surface area contributed by atoms with Crippen molar-refractivity contribution >= 4 is 17.8 Å². The summed E-state index contributed by atoms with van der Waals surface area (Å²) in [5.41, 5.74) is 5.51. The van der Waals surface area contributed by atoms with E-state index in [4.69, 9.17) is 15.6 Å². The third-order valence-corrected chi connectivity index (χ3v) is 4.41. The van der Waals surface area contributed by atoms with Crippen LogP contribution in [-0.2, 0) is 23.9 Å². The summed E-state index contributed by atoms with van der Waals surface area (Å²) >= 11 is 0. The molecule has 3 atom stereocenters. The Hall–Kier alpha value is -1.67. The molecular formula is C16H28N2O6. The summed E-state index contributed by atoms with van der Waals surface area (Å²) in [6.07, 6.45) is 3.61. The third kappa shape index (κ3) is 6.09. The fraction of sp³-hybridized carbons (Fsp3) is 0.812. The van der Waals surface area contributed by atoms with Crippen molar-refractivity contribution in [1.29, 1.82) is 0 Å². The maximum Gasteiger partial charge on any atom is 0.330 e. The molecule has 138 valence electrons. The Labute approximate surface area is 142 Å². The van der Waals surface area contributed by atoms with Crippen LogP contribution in [0, 0.1) is 5.41 Å². The number of methoxy groups -OCH3 is 1. The number of hydrogen-bond donors (Lipinski definition) is 3. The van der Waals surface area contributed by atoms with E-state index in [1.807, 2.05) is 0 Å². The molecule has 0 bridgehead atoms. The van der Waals surface area contributed by atoms with E-state index in [9.17, 15) is 14.4 Å². The molecule has 0 aromatic carbocycles. The smallest absolute Gasteiger partial charge is 0.330 e. The highest BCUT2D eigenvalue weighted by Crippen LogP contribution is 2.37. The number of carboxylic acids is 1. The van der Waals surface area contributed by atoms with Gasteiger partial charge in [-0.15, -0.1) is 0 Å². The van der Waals surface area contributed by atoms with Crippen LogP contribution in [0.2, 0.25) is 0 Å². The Morgan fingerprint density at radius 2 is 2.00 bits per heavy atom. The number of carboxylic acid groups (broad SMARTS) is 1. The molecule has 0 aromatic heterocycles. The number of carbonyl (C=O) groups is 3. The number of rotatable bonds is 8. The van der Waals surface area contributed by atoms with Gasteiger partial charge in [-0.2, -0.15) is 0 Å². The standard InChI is InChI=1S/C16H28N2O6/c1-16(2)7-5-4-6-12(16)24-9-11(15(22)23-3)18-14(21)10(17)8-13(19)20/h10-12H,4-9,17H2,1-3H3,(H,18,21)(H,19,20)/t10-,11-,12?/m0/s1. The van der Waals surface area contributed by atoms with E-state index in [0.29, 0.717) is 0 Å². The predicted molar refractivity (Wildman–Crippen MR) is 86.2 cm³/mol. The number of esters is 1. The van der Waals surface area contributed by atoms with Crippen molar-refractivity contribution in [3.8, 4) is 0 Å². The molecule has 0 aromatic rings. The van der Waals surface area contributed by atoms with Crippen LogP contribution in [0.15, 0.2) is 0 Å². The van der Waals surface area contributed by atoms with E-state index in [-0.39, 0.29) is 18.1 Å². The summed E-state index contributed by atoms with van der Waals surface area (Å²) in [6, 6.07) is -2.25. The topological polar surface area (TPSA) is 128 Å². The number of hydrogen-bond acceptors (Lipinski definition) is 6. The first-order chi connectivity index (χ1) is 11.2. The fourth-order valence-corrected chi connectivity index (χ4v) is 2.85. The molecule has 0 heterocycles. The van der Waals surface area contributed by atoms with Crippen LogP contribution >= 0.6 is 0 Å². The average molecular weight is 344 g/mol. The molecule has 1 aliphatic rings. The lowest BCUT2D eigenvalue weighted by Crippen LogP contribution is -2.52. The quantitative estimate of drug-likeness (QED) is 0.545. The minimum atomic E-state index is -1.24. The molecule has 1 unspecified atom stereocenters. The zero-order valence-corrected chi connectivity index (χ0v) is 14.5. The lowest BCUT2D eigenvalue weighted by molar-refractivity contribution is -0.149. The second kappa shape index (κ2) is 8.98. The second-order valence-electron chi connectivity index (χ2n) is 6.85. The highest BCUT2D eigenvalue weighted by atomic mass is 16.5. The van der Waals surface area contributed by atoms with E-state index in [1.165, 1.54) is 7.11 Å². The van der Waals surface area contributed by atoms with E-state index in [0.717, 1.165) is 25.7 Å². The van der Waals surface area contributed by atoms with Crippen molar-refractivity contribution in [3.05, 3.63) is 0 Å². The number of ether oxygens (including phenoxy) is 2. The van der Waals surface area contributed by atoms with Gasteiger partial charge in [-0.3, -0.25) is 9.59 Å². The van der Waals surface area contributed by atoms with E-state index >= 15 is 0 Å². The van der Waals surface area contributed by atoms with Crippen LogP contribution in [0.1, 0.15) is 46.0 Å². The summed E-state index contributed by atoms with van der Waals surface area (Å²) in [5, 5.41) is 11.1. The van der Waals surface area contributed by atoms with Gasteiger partial charge >= 0.3 is 11.9 Å². The normalized spacial score (nSPS) is 22.2. The number of nitrogens with one attached hydrogen (secondary N) is 1. The molecule has 1 amide bonds. The Bertz CT molecular complexity index is 465. The SMILES string of the molecule is COC(=O)[C@H](COC1CCCCC1(C)C)NC(=O)[C@@H](N)CC(=O)O. The number of aliphatic carboxylic acids is 1. The Morgan fingerprint density at radius 3 is 2.54 bits per heavy atom. The molecular weight excluding hydrogens is 316 g/mol. The van der Waals surface area contributed by atoms with Gasteiger partial charge in [-0.1, -0.05) is 26.7 Å². The Morgan fingerprint density at radius 1 is 1.33 bits per heavy atom. The summed E-state index contributed by atoms with van der Waals surface area (Å²) in [6.45, 7) is 4.20. The molecule has 0 saturated heterocycles. The monoisotopic (exact) mass is 344 g/mol. The lowest BCUT2D eigenvalue weighted by atomic mass is 9.75. The zero-order valence-electron chi connectivity index (χ0n) is 14.5. The van der Waals surface area contributed by atoms with Gasteiger partial charge in [-0.05, 0) is 18.3 Å². The highest BCUT2D eigenvalue weighted by Gasteiger charge is 2.34. The van der Waals surface area contributed by atoms with Gasteiger partial charge < -0.3 is 25.6 Å². The number of carbonyl (C=O) groups excluding carboxylic acids is 2. The van der Waals surface area contributed by atoms with E-state index in [2.05, 4.69) is 23.9 Å². The number of nitrogens with two attached hydrogens (primary N) is 1. The van der Waals surface area contributed by atoms with Crippen LogP contribution in [0.4, 0.5) is 0 Å². The molecule has 8 nitrogen and oxygen atoms in total. The maximum absolute atomic E-state index is 11.9. The molecule has 8 heteroatoms. The minimum absolute atomic E-state index is 0.00262. The first kappa shape index (κ1) is 20.4. The summed E-state index contributed by atoms with van der Waals surface area (Å²) in [5.74, 6) is -2.56. The van der Waals surface area contributed by atoms with Crippen molar-refractivity contribution in [2.75, 3.05) is 13.7 Å². The zero-order chi connectivity index (χ0) is 18.3. The van der Waals surface area contributed by atoms with Crippen molar-refractivity contribution < 1.29 is 29.0 Å². The van der Waals surface area contributed by atoms with Gasteiger partial charge in [0.25, 0.3) is 0 Å². The van der Waals surface area contributed by atoms with Gasteiger partial charge in [-0.25, -0.2) is 4.79 Å².